The fraction of sp³-hybridized carbons (Fsp3) is 0.250. The summed E-state index contributed by atoms with van der Waals surface area (Å²) in [6.45, 7) is 1.53. The molecule has 0 bridgehead atoms. The van der Waals surface area contributed by atoms with Gasteiger partial charge in [0.25, 0.3) is 0 Å². The smallest absolute Gasteiger partial charge is 0.165 e. The van der Waals surface area contributed by atoms with Crippen LogP contribution in [0, 0.1) is 5.82 Å². The van der Waals surface area contributed by atoms with E-state index < -0.39 is 18.0 Å². The van der Waals surface area contributed by atoms with Gasteiger partial charge in [0.1, 0.15) is 12.7 Å². The largest absolute Gasteiger partial charge is 0.487 e. The van der Waals surface area contributed by atoms with Gasteiger partial charge in [-0.05, 0) is 30.2 Å². The van der Waals surface area contributed by atoms with Gasteiger partial charge in [0.2, 0.25) is 0 Å². The van der Waals surface area contributed by atoms with Crippen molar-refractivity contribution in [2.24, 2.45) is 0 Å². The third-order valence-corrected chi connectivity index (χ3v) is 3.02. The van der Waals surface area contributed by atoms with Gasteiger partial charge < -0.3 is 14.9 Å². The molecule has 20 heavy (non-hydrogen) atoms. The lowest BCUT2D eigenvalue weighted by molar-refractivity contribution is 0.105. The molecule has 106 valence electrons. The molecule has 0 amide bonds. The van der Waals surface area contributed by atoms with Crippen molar-refractivity contribution in [3.05, 3.63) is 65.5 Å². The fourth-order valence-electron chi connectivity index (χ4n) is 1.83. The molecule has 2 N–H and O–H groups in total. The summed E-state index contributed by atoms with van der Waals surface area (Å²) in [5.41, 5.74) is 1.20. The molecule has 0 aliphatic rings. The molecule has 1 unspecified atom stereocenters. The lowest BCUT2D eigenvalue weighted by Crippen LogP contribution is -2.10. The van der Waals surface area contributed by atoms with Crippen LogP contribution in [0.15, 0.2) is 48.5 Å². The molecule has 4 heteroatoms. The van der Waals surface area contributed by atoms with Crippen LogP contribution in [0.1, 0.15) is 30.3 Å². The van der Waals surface area contributed by atoms with Crippen LogP contribution >= 0.6 is 0 Å². The lowest BCUT2D eigenvalue weighted by atomic mass is 10.1. The highest BCUT2D eigenvalue weighted by Crippen LogP contribution is 2.23. The molecule has 0 radical (unpaired) electrons. The van der Waals surface area contributed by atoms with Crippen LogP contribution in [0.4, 0.5) is 4.39 Å². The summed E-state index contributed by atoms with van der Waals surface area (Å²) in [4.78, 5) is 0. The van der Waals surface area contributed by atoms with Crippen molar-refractivity contribution in [2.45, 2.75) is 19.1 Å². The Balaban J connectivity index is 2.01. The summed E-state index contributed by atoms with van der Waals surface area (Å²) in [6, 6.07) is 13.3. The third kappa shape index (κ3) is 3.56. The van der Waals surface area contributed by atoms with Gasteiger partial charge in [-0.1, -0.05) is 36.4 Å². The van der Waals surface area contributed by atoms with Crippen molar-refractivity contribution in [1.82, 2.24) is 0 Å². The van der Waals surface area contributed by atoms with Crippen molar-refractivity contribution in [3.63, 3.8) is 0 Å². The van der Waals surface area contributed by atoms with Crippen molar-refractivity contribution >= 4 is 0 Å². The Hall–Kier alpha value is -1.91. The minimum absolute atomic E-state index is 0.0328. The van der Waals surface area contributed by atoms with Crippen LogP contribution < -0.4 is 4.74 Å². The Morgan fingerprint density at radius 2 is 1.75 bits per heavy atom. The van der Waals surface area contributed by atoms with Crippen LogP contribution in [0.5, 0.6) is 5.75 Å². The molecule has 0 heterocycles. The van der Waals surface area contributed by atoms with Crippen molar-refractivity contribution in [3.8, 4) is 5.75 Å². The van der Waals surface area contributed by atoms with Gasteiger partial charge in [-0.25, -0.2) is 4.39 Å². The Morgan fingerprint density at radius 1 is 1.05 bits per heavy atom. The molecular formula is C16H17FO3. The molecule has 0 aliphatic heterocycles. The lowest BCUT2D eigenvalue weighted by Gasteiger charge is -2.14. The van der Waals surface area contributed by atoms with Gasteiger partial charge >= 0.3 is 0 Å². The normalized spacial score (nSPS) is 13.8. The first-order valence-electron chi connectivity index (χ1n) is 6.41. The molecule has 0 saturated carbocycles. The highest BCUT2D eigenvalue weighted by atomic mass is 19.1. The van der Waals surface area contributed by atoms with E-state index in [1.807, 2.05) is 18.2 Å². The summed E-state index contributed by atoms with van der Waals surface area (Å²) in [5, 5.41) is 19.3. The van der Waals surface area contributed by atoms with E-state index >= 15 is 0 Å². The van der Waals surface area contributed by atoms with Crippen molar-refractivity contribution in [2.75, 3.05) is 6.61 Å². The number of rotatable bonds is 5. The third-order valence-electron chi connectivity index (χ3n) is 3.02. The van der Waals surface area contributed by atoms with Crippen LogP contribution in [0.25, 0.3) is 0 Å². The van der Waals surface area contributed by atoms with E-state index in [9.17, 15) is 14.6 Å². The van der Waals surface area contributed by atoms with E-state index in [-0.39, 0.29) is 12.4 Å². The Labute approximate surface area is 117 Å². The zero-order valence-corrected chi connectivity index (χ0v) is 11.2. The van der Waals surface area contributed by atoms with Gasteiger partial charge in [-0.3, -0.25) is 0 Å². The maximum absolute atomic E-state index is 13.7. The summed E-state index contributed by atoms with van der Waals surface area (Å²) < 4.78 is 19.0. The summed E-state index contributed by atoms with van der Waals surface area (Å²) in [5.74, 6) is -0.493. The zero-order chi connectivity index (χ0) is 14.5. The Kier molecular flexibility index (Phi) is 4.71. The molecule has 0 spiro atoms. The van der Waals surface area contributed by atoms with E-state index in [4.69, 9.17) is 4.74 Å². The molecule has 2 rings (SSSR count). The number of ether oxygens (including phenoxy) is 1. The number of halogens is 1. The molecular weight excluding hydrogens is 259 g/mol. The predicted octanol–water partition coefficient (Wildman–Crippen LogP) is 2.99. The van der Waals surface area contributed by atoms with Crippen molar-refractivity contribution in [1.29, 1.82) is 0 Å². The quantitative estimate of drug-likeness (QED) is 0.882. The highest BCUT2D eigenvalue weighted by molar-refractivity contribution is 5.30. The maximum Gasteiger partial charge on any atom is 0.165 e. The summed E-state index contributed by atoms with van der Waals surface area (Å²) >= 11 is 0. The average Bonchev–Trinajstić information content (AvgIpc) is 2.46. The topological polar surface area (TPSA) is 49.7 Å². The fourth-order valence-corrected chi connectivity index (χ4v) is 1.83. The molecule has 0 saturated heterocycles. The number of aliphatic hydroxyl groups excluding tert-OH is 2. The minimum Gasteiger partial charge on any atom is -0.487 e. The first kappa shape index (κ1) is 14.5. The predicted molar refractivity (Wildman–Crippen MR) is 73.9 cm³/mol. The Morgan fingerprint density at radius 3 is 2.35 bits per heavy atom. The summed E-state index contributed by atoms with van der Waals surface area (Å²) in [7, 11) is 0. The first-order valence-corrected chi connectivity index (χ1v) is 6.41. The standard InChI is InChI=1S/C16H17FO3/c1-11(18)13-7-8-16(14(17)9-13)20-10-15(19)12-5-3-2-4-6-12/h2-9,11,15,18-19H,10H2,1H3/t11-,15?/m0/s1. The molecule has 0 aliphatic carbocycles. The average molecular weight is 276 g/mol. The maximum atomic E-state index is 13.7. The monoisotopic (exact) mass is 276 g/mol. The van der Waals surface area contributed by atoms with Crippen LogP contribution in [-0.4, -0.2) is 16.8 Å². The van der Waals surface area contributed by atoms with E-state index in [1.54, 1.807) is 25.1 Å². The second-order valence-electron chi connectivity index (χ2n) is 4.60. The second kappa shape index (κ2) is 6.50. The number of aliphatic hydroxyl groups is 2. The van der Waals surface area contributed by atoms with E-state index in [1.165, 1.54) is 12.1 Å². The molecule has 2 aromatic rings. The molecule has 2 aromatic carbocycles. The SMILES string of the molecule is C[C@H](O)c1ccc(OCC(O)c2ccccc2)c(F)c1. The number of hydrogen-bond donors (Lipinski definition) is 2. The minimum atomic E-state index is -0.813. The first-order chi connectivity index (χ1) is 9.58. The second-order valence-corrected chi connectivity index (χ2v) is 4.60. The van der Waals surface area contributed by atoms with E-state index in [0.29, 0.717) is 11.1 Å². The van der Waals surface area contributed by atoms with Crippen LogP contribution in [0.3, 0.4) is 0 Å². The van der Waals surface area contributed by atoms with Gasteiger partial charge in [0.15, 0.2) is 11.6 Å². The van der Waals surface area contributed by atoms with E-state index in [0.717, 1.165) is 0 Å². The molecule has 3 nitrogen and oxygen atoms in total. The zero-order valence-electron chi connectivity index (χ0n) is 11.2. The highest BCUT2D eigenvalue weighted by Gasteiger charge is 2.11. The van der Waals surface area contributed by atoms with Crippen LogP contribution in [0.2, 0.25) is 0 Å². The van der Waals surface area contributed by atoms with E-state index in [2.05, 4.69) is 0 Å². The Bertz CT molecular complexity index is 555. The van der Waals surface area contributed by atoms with Crippen LogP contribution in [-0.2, 0) is 0 Å². The van der Waals surface area contributed by atoms with Crippen molar-refractivity contribution < 1.29 is 19.3 Å². The number of benzene rings is 2. The number of hydrogen-bond acceptors (Lipinski definition) is 3. The molecule has 2 atom stereocenters. The van der Waals surface area contributed by atoms with Gasteiger partial charge in [-0.15, -0.1) is 0 Å². The molecule has 0 aromatic heterocycles. The molecule has 0 fully saturated rings. The summed E-state index contributed by atoms with van der Waals surface area (Å²) in [6.07, 6.45) is -1.54. The van der Waals surface area contributed by atoms with Gasteiger partial charge in [0, 0.05) is 0 Å². The van der Waals surface area contributed by atoms with Gasteiger partial charge in [0.05, 0.1) is 6.10 Å². The van der Waals surface area contributed by atoms with Gasteiger partial charge in [-0.2, -0.15) is 0 Å².